The first-order valence-electron chi connectivity index (χ1n) is 9.24. The molecule has 148 valence electrons. The number of likely N-dealkylation sites (N-methyl/N-ethyl adjacent to an activating group) is 1. The Kier molecular flexibility index (Phi) is 5.94. The Balaban J connectivity index is 1.81. The van der Waals surface area contributed by atoms with E-state index >= 15 is 0 Å². The zero-order chi connectivity index (χ0) is 20.3. The molecule has 1 atom stereocenters. The number of carbonyl (C=O) groups excluding carboxylic acids is 1. The molecule has 1 aromatic heterocycles. The fourth-order valence-corrected chi connectivity index (χ4v) is 3.41. The maximum Gasteiger partial charge on any atom is 0.335 e. The van der Waals surface area contributed by atoms with E-state index in [2.05, 4.69) is 9.88 Å². The molecule has 1 N–H and O–H groups in total. The van der Waals surface area contributed by atoms with E-state index in [0.29, 0.717) is 17.3 Å². The highest BCUT2D eigenvalue weighted by Gasteiger charge is 2.25. The molecule has 1 aliphatic heterocycles. The van der Waals surface area contributed by atoms with E-state index in [-0.39, 0.29) is 17.4 Å². The molecule has 0 saturated carbocycles. The topological polar surface area (TPSA) is 83.0 Å². The Bertz CT molecular complexity index is 864. The van der Waals surface area contributed by atoms with E-state index < -0.39 is 5.97 Å². The van der Waals surface area contributed by atoms with Gasteiger partial charge in [0.05, 0.1) is 18.4 Å². The van der Waals surface area contributed by atoms with Crippen LogP contribution in [0.15, 0.2) is 36.4 Å². The molecular weight excluding hydrogens is 358 g/mol. The molecule has 1 aliphatic rings. The largest absolute Gasteiger partial charge is 0.481 e. The Labute approximate surface area is 164 Å². The number of nitrogens with zero attached hydrogens (tertiary/aromatic N) is 3. The number of carbonyl (C=O) groups is 2. The molecule has 0 bridgehead atoms. The lowest BCUT2D eigenvalue weighted by Crippen LogP contribution is -2.47. The van der Waals surface area contributed by atoms with Crippen LogP contribution >= 0.6 is 0 Å². The molecule has 2 aromatic rings. The summed E-state index contributed by atoms with van der Waals surface area (Å²) in [6.07, 6.45) is 2.10. The Hall–Kier alpha value is -2.93. The number of aromatic nitrogens is 1. The second-order valence-corrected chi connectivity index (χ2v) is 7.18. The van der Waals surface area contributed by atoms with Gasteiger partial charge in [-0.05, 0) is 45.1 Å². The molecule has 1 fully saturated rings. The van der Waals surface area contributed by atoms with Crippen molar-refractivity contribution in [3.05, 3.63) is 47.5 Å². The van der Waals surface area contributed by atoms with Crippen LogP contribution in [-0.4, -0.2) is 72.1 Å². The van der Waals surface area contributed by atoms with Crippen molar-refractivity contribution in [1.82, 2.24) is 14.8 Å². The summed E-state index contributed by atoms with van der Waals surface area (Å²) in [5.74, 6) is -0.796. The average molecular weight is 383 g/mol. The van der Waals surface area contributed by atoms with Gasteiger partial charge in [0.25, 0.3) is 5.91 Å². The predicted molar refractivity (Wildman–Crippen MR) is 106 cm³/mol. The van der Waals surface area contributed by atoms with Gasteiger partial charge in [-0.25, -0.2) is 9.78 Å². The third-order valence-corrected chi connectivity index (χ3v) is 5.10. The van der Waals surface area contributed by atoms with Crippen molar-refractivity contribution < 1.29 is 19.4 Å². The molecular formula is C21H25N3O4. The van der Waals surface area contributed by atoms with Crippen molar-refractivity contribution in [2.24, 2.45) is 0 Å². The van der Waals surface area contributed by atoms with E-state index in [0.717, 1.165) is 31.5 Å². The van der Waals surface area contributed by atoms with Crippen LogP contribution in [-0.2, 0) is 0 Å². The summed E-state index contributed by atoms with van der Waals surface area (Å²) in [5.41, 5.74) is 1.93. The number of benzene rings is 1. The van der Waals surface area contributed by atoms with Crippen molar-refractivity contribution in [3.63, 3.8) is 0 Å². The van der Waals surface area contributed by atoms with Crippen LogP contribution in [0, 0.1) is 0 Å². The number of hydrogen-bond acceptors (Lipinski definition) is 5. The van der Waals surface area contributed by atoms with E-state index in [4.69, 9.17) is 4.74 Å². The number of methoxy groups -OCH3 is 1. The van der Waals surface area contributed by atoms with Gasteiger partial charge in [-0.1, -0.05) is 12.1 Å². The lowest BCUT2D eigenvalue weighted by atomic mass is 10.0. The van der Waals surface area contributed by atoms with E-state index in [1.165, 1.54) is 19.2 Å². The highest BCUT2D eigenvalue weighted by molar-refractivity contribution is 5.95. The highest BCUT2D eigenvalue weighted by Crippen LogP contribution is 2.24. The van der Waals surface area contributed by atoms with E-state index in [1.807, 2.05) is 19.0 Å². The normalized spacial score (nSPS) is 16.9. The number of ether oxygens (including phenoxy) is 1. The SMILES string of the molecule is COc1cc(C(=O)O)cc(-c2ccc(C(=O)N3CCCC(N(C)C)C3)cc2)n1. The third-order valence-electron chi connectivity index (χ3n) is 5.10. The van der Waals surface area contributed by atoms with Gasteiger partial charge in [0.15, 0.2) is 0 Å². The second kappa shape index (κ2) is 8.39. The number of aromatic carboxylic acids is 1. The summed E-state index contributed by atoms with van der Waals surface area (Å²) < 4.78 is 5.10. The fraction of sp³-hybridized carbons (Fsp3) is 0.381. The van der Waals surface area contributed by atoms with E-state index in [9.17, 15) is 14.7 Å². The van der Waals surface area contributed by atoms with Gasteiger partial charge in [-0.2, -0.15) is 0 Å². The monoisotopic (exact) mass is 383 g/mol. The lowest BCUT2D eigenvalue weighted by Gasteiger charge is -2.36. The number of carboxylic acids is 1. The summed E-state index contributed by atoms with van der Waals surface area (Å²) in [5, 5.41) is 9.26. The molecule has 0 radical (unpaired) electrons. The Morgan fingerprint density at radius 2 is 1.89 bits per heavy atom. The molecule has 1 amide bonds. The van der Waals surface area contributed by atoms with Crippen molar-refractivity contribution in [3.8, 4) is 17.1 Å². The number of hydrogen-bond donors (Lipinski definition) is 1. The van der Waals surface area contributed by atoms with Crippen molar-refractivity contribution in [1.29, 1.82) is 0 Å². The Morgan fingerprint density at radius 1 is 1.18 bits per heavy atom. The van der Waals surface area contributed by atoms with Gasteiger partial charge in [0.2, 0.25) is 5.88 Å². The third kappa shape index (κ3) is 4.31. The average Bonchev–Trinajstić information content (AvgIpc) is 2.73. The zero-order valence-electron chi connectivity index (χ0n) is 16.4. The predicted octanol–water partition coefficient (Wildman–Crippen LogP) is 2.62. The standard InChI is InChI=1S/C21H25N3O4/c1-23(2)17-5-4-10-24(13-17)20(25)15-8-6-14(7-9-15)18-11-16(21(26)27)12-19(22-18)28-3/h6-9,11-12,17H,4-5,10,13H2,1-3H3,(H,26,27). The minimum atomic E-state index is -1.05. The fourth-order valence-electron chi connectivity index (χ4n) is 3.41. The molecule has 0 aliphatic carbocycles. The molecule has 1 aromatic carbocycles. The van der Waals surface area contributed by atoms with Crippen LogP contribution in [0.1, 0.15) is 33.6 Å². The maximum absolute atomic E-state index is 12.9. The van der Waals surface area contributed by atoms with Gasteiger partial charge >= 0.3 is 5.97 Å². The quantitative estimate of drug-likeness (QED) is 0.855. The number of rotatable bonds is 5. The van der Waals surface area contributed by atoms with Gasteiger partial charge in [0, 0.05) is 36.3 Å². The molecule has 7 nitrogen and oxygen atoms in total. The summed E-state index contributed by atoms with van der Waals surface area (Å²) in [6, 6.07) is 10.3. The molecule has 3 rings (SSSR count). The van der Waals surface area contributed by atoms with Crippen molar-refractivity contribution in [2.45, 2.75) is 18.9 Å². The minimum Gasteiger partial charge on any atom is -0.481 e. The summed E-state index contributed by atoms with van der Waals surface area (Å²) >= 11 is 0. The first-order valence-corrected chi connectivity index (χ1v) is 9.24. The maximum atomic E-state index is 12.9. The number of amides is 1. The van der Waals surface area contributed by atoms with Gasteiger partial charge in [-0.3, -0.25) is 4.79 Å². The number of pyridine rings is 1. The summed E-state index contributed by atoms with van der Waals surface area (Å²) in [7, 11) is 5.53. The molecule has 0 spiro atoms. The number of piperidine rings is 1. The molecule has 28 heavy (non-hydrogen) atoms. The first-order chi connectivity index (χ1) is 13.4. The van der Waals surface area contributed by atoms with Crippen LogP contribution in [0.4, 0.5) is 0 Å². The van der Waals surface area contributed by atoms with Crippen LogP contribution < -0.4 is 4.74 Å². The minimum absolute atomic E-state index is 0.0166. The summed E-state index contributed by atoms with van der Waals surface area (Å²) in [4.78, 5) is 32.5. The van der Waals surface area contributed by atoms with Crippen LogP contribution in [0.3, 0.4) is 0 Å². The Morgan fingerprint density at radius 3 is 2.50 bits per heavy atom. The van der Waals surface area contributed by atoms with Crippen molar-refractivity contribution >= 4 is 11.9 Å². The van der Waals surface area contributed by atoms with Crippen molar-refractivity contribution in [2.75, 3.05) is 34.3 Å². The highest BCUT2D eigenvalue weighted by atomic mass is 16.5. The molecule has 1 saturated heterocycles. The van der Waals surface area contributed by atoms with Gasteiger partial charge < -0.3 is 19.6 Å². The number of likely N-dealkylation sites (tertiary alicyclic amines) is 1. The molecule has 2 heterocycles. The van der Waals surface area contributed by atoms with E-state index in [1.54, 1.807) is 24.3 Å². The molecule has 1 unspecified atom stereocenters. The molecule has 7 heteroatoms. The van der Waals surface area contributed by atoms with Crippen LogP contribution in [0.2, 0.25) is 0 Å². The lowest BCUT2D eigenvalue weighted by molar-refractivity contribution is 0.0634. The first kappa shape index (κ1) is 19.8. The van der Waals surface area contributed by atoms with Crippen LogP contribution in [0.25, 0.3) is 11.3 Å². The zero-order valence-corrected chi connectivity index (χ0v) is 16.4. The van der Waals surface area contributed by atoms with Crippen LogP contribution in [0.5, 0.6) is 5.88 Å². The number of carboxylic acid groups (broad SMARTS) is 1. The second-order valence-electron chi connectivity index (χ2n) is 7.18. The smallest absolute Gasteiger partial charge is 0.335 e. The summed E-state index contributed by atoms with van der Waals surface area (Å²) in [6.45, 7) is 1.50. The van der Waals surface area contributed by atoms with Gasteiger partial charge in [0.1, 0.15) is 0 Å². The van der Waals surface area contributed by atoms with Gasteiger partial charge in [-0.15, -0.1) is 0 Å².